The highest BCUT2D eigenvalue weighted by atomic mass is 28.4. The van der Waals surface area contributed by atoms with Crippen LogP contribution < -0.4 is 9.92 Å². The van der Waals surface area contributed by atoms with E-state index in [-0.39, 0.29) is 5.41 Å². The van der Waals surface area contributed by atoms with Crippen LogP contribution in [0.4, 0.5) is 0 Å². The van der Waals surface area contributed by atoms with Gasteiger partial charge in [0.1, 0.15) is 5.75 Å². The van der Waals surface area contributed by atoms with Gasteiger partial charge in [-0.1, -0.05) is 26.8 Å². The fraction of sp³-hybridized carbons (Fsp3) is 0.625. The molecule has 118 valence electrons. The van der Waals surface area contributed by atoms with Crippen LogP contribution in [0, 0.1) is 5.41 Å². The lowest BCUT2D eigenvalue weighted by Gasteiger charge is -2.44. The Balaban J connectivity index is 2.34. The highest BCUT2D eigenvalue weighted by Gasteiger charge is 2.44. The maximum atomic E-state index is 6.13. The van der Waals surface area contributed by atoms with Crippen molar-refractivity contribution in [1.82, 2.24) is 0 Å². The van der Waals surface area contributed by atoms with Crippen molar-refractivity contribution in [3.63, 3.8) is 0 Å². The Morgan fingerprint density at radius 3 is 2.33 bits per heavy atom. The van der Waals surface area contributed by atoms with Crippen molar-refractivity contribution in [2.24, 2.45) is 5.41 Å². The number of hydrogen-bond donors (Lipinski definition) is 0. The summed E-state index contributed by atoms with van der Waals surface area (Å²) in [5.41, 5.74) is 0.938. The zero-order valence-electron chi connectivity index (χ0n) is 14.1. The van der Waals surface area contributed by atoms with Gasteiger partial charge >= 0.3 is 8.56 Å². The van der Waals surface area contributed by atoms with Crippen molar-refractivity contribution in [1.29, 1.82) is 0 Å². The maximum absolute atomic E-state index is 6.13. The highest BCUT2D eigenvalue weighted by Crippen LogP contribution is 2.41. The molecule has 0 radical (unpaired) electrons. The lowest BCUT2D eigenvalue weighted by molar-refractivity contribution is -0.249. The molecular weight excluding hydrogens is 284 g/mol. The van der Waals surface area contributed by atoms with E-state index in [0.717, 1.165) is 16.5 Å². The number of benzene rings is 1. The van der Waals surface area contributed by atoms with Crippen molar-refractivity contribution in [2.75, 3.05) is 14.2 Å². The van der Waals surface area contributed by atoms with Crippen LogP contribution in [0.15, 0.2) is 18.2 Å². The Kier molecular flexibility index (Phi) is 4.23. The number of fused-ring (bicyclic) bond motifs is 1. The predicted molar refractivity (Wildman–Crippen MR) is 85.0 cm³/mol. The van der Waals surface area contributed by atoms with Crippen LogP contribution >= 0.6 is 0 Å². The van der Waals surface area contributed by atoms with Crippen LogP contribution in [-0.2, 0) is 20.2 Å². The summed E-state index contributed by atoms with van der Waals surface area (Å²) < 4.78 is 23.3. The smallest absolute Gasteiger partial charge is 0.368 e. The van der Waals surface area contributed by atoms with Crippen molar-refractivity contribution in [2.45, 2.75) is 46.6 Å². The number of ether oxygens (including phenoxy) is 2. The van der Waals surface area contributed by atoms with E-state index in [1.54, 1.807) is 14.2 Å². The van der Waals surface area contributed by atoms with Crippen molar-refractivity contribution in [3.05, 3.63) is 23.8 Å². The van der Waals surface area contributed by atoms with Gasteiger partial charge in [-0.15, -0.1) is 0 Å². The largest absolute Gasteiger partial charge is 0.462 e. The summed E-state index contributed by atoms with van der Waals surface area (Å²) in [6, 6.07) is 6.11. The Hall–Kier alpha value is -0.883. The first-order valence-electron chi connectivity index (χ1n) is 7.22. The minimum Gasteiger partial charge on any atom is -0.462 e. The van der Waals surface area contributed by atoms with E-state index in [4.69, 9.17) is 18.3 Å². The molecule has 0 bridgehead atoms. The second-order valence-corrected chi connectivity index (χ2v) is 10.0. The van der Waals surface area contributed by atoms with Gasteiger partial charge in [-0.05, 0) is 23.9 Å². The first kappa shape index (κ1) is 16.5. The van der Waals surface area contributed by atoms with Crippen LogP contribution in [0.1, 0.15) is 33.3 Å². The standard InChI is InChI=1S/C16H26O4Si/c1-15(2,3)16(4)19-11-12-10-13(8-9-14(12)20-16)21(7,17-5)18-6/h8-10H,11H2,1-7H3. The van der Waals surface area contributed by atoms with Crippen molar-refractivity contribution < 1.29 is 18.3 Å². The summed E-state index contributed by atoms with van der Waals surface area (Å²) >= 11 is 0. The van der Waals surface area contributed by atoms with E-state index in [0.29, 0.717) is 6.61 Å². The van der Waals surface area contributed by atoms with Gasteiger partial charge in [0.15, 0.2) is 0 Å². The molecule has 4 nitrogen and oxygen atoms in total. The predicted octanol–water partition coefficient (Wildman–Crippen LogP) is 2.93. The Morgan fingerprint density at radius 2 is 1.81 bits per heavy atom. The molecule has 1 atom stereocenters. The zero-order valence-corrected chi connectivity index (χ0v) is 15.1. The number of rotatable bonds is 3. The van der Waals surface area contributed by atoms with E-state index in [9.17, 15) is 0 Å². The summed E-state index contributed by atoms with van der Waals surface area (Å²) in [5, 5.41) is 1.08. The second kappa shape index (κ2) is 5.39. The summed E-state index contributed by atoms with van der Waals surface area (Å²) in [7, 11) is 1.07. The molecule has 5 heteroatoms. The Bertz CT molecular complexity index is 519. The molecule has 0 spiro atoms. The van der Waals surface area contributed by atoms with Gasteiger partial charge in [0.2, 0.25) is 5.79 Å². The molecule has 0 aromatic heterocycles. The molecule has 1 aromatic rings. The highest BCUT2D eigenvalue weighted by molar-refractivity contribution is 6.79. The van der Waals surface area contributed by atoms with Gasteiger partial charge in [0.05, 0.1) is 6.61 Å². The maximum Gasteiger partial charge on any atom is 0.368 e. The van der Waals surface area contributed by atoms with Crippen molar-refractivity contribution >= 4 is 13.7 Å². The van der Waals surface area contributed by atoms with Crippen LogP contribution in [0.2, 0.25) is 6.55 Å². The van der Waals surface area contributed by atoms with Crippen LogP contribution in [0.3, 0.4) is 0 Å². The lowest BCUT2D eigenvalue weighted by atomic mass is 9.86. The van der Waals surface area contributed by atoms with E-state index in [1.807, 2.05) is 25.6 Å². The van der Waals surface area contributed by atoms with Gasteiger partial charge in [0.25, 0.3) is 0 Å². The lowest BCUT2D eigenvalue weighted by Crippen LogP contribution is -2.51. The van der Waals surface area contributed by atoms with E-state index < -0.39 is 14.3 Å². The minimum absolute atomic E-state index is 0.105. The molecule has 0 N–H and O–H groups in total. The van der Waals surface area contributed by atoms with Crippen LogP contribution in [0.25, 0.3) is 0 Å². The molecule has 0 amide bonds. The fourth-order valence-corrected chi connectivity index (χ4v) is 3.68. The van der Waals surface area contributed by atoms with Gasteiger partial charge < -0.3 is 18.3 Å². The monoisotopic (exact) mass is 310 g/mol. The van der Waals surface area contributed by atoms with Gasteiger partial charge in [-0.25, -0.2) is 0 Å². The second-order valence-electron chi connectivity index (χ2n) is 6.76. The third kappa shape index (κ3) is 2.88. The quantitative estimate of drug-likeness (QED) is 0.805. The first-order valence-corrected chi connectivity index (χ1v) is 9.53. The average Bonchev–Trinajstić information content (AvgIpc) is 2.44. The number of hydrogen-bond acceptors (Lipinski definition) is 4. The molecule has 0 aliphatic carbocycles. The minimum atomic E-state index is -2.32. The van der Waals surface area contributed by atoms with Gasteiger partial charge in [0, 0.05) is 32.1 Å². The van der Waals surface area contributed by atoms with E-state index in [1.165, 1.54) is 0 Å². The fourth-order valence-electron chi connectivity index (χ4n) is 2.22. The zero-order chi connectivity index (χ0) is 15.9. The van der Waals surface area contributed by atoms with Gasteiger partial charge in [-0.3, -0.25) is 0 Å². The summed E-state index contributed by atoms with van der Waals surface area (Å²) in [6.45, 7) is 10.9. The normalized spacial score (nSPS) is 22.6. The molecule has 0 saturated heterocycles. The van der Waals surface area contributed by atoms with Crippen LogP contribution in [0.5, 0.6) is 5.75 Å². The Morgan fingerprint density at radius 1 is 1.19 bits per heavy atom. The molecule has 0 saturated carbocycles. The molecule has 21 heavy (non-hydrogen) atoms. The van der Waals surface area contributed by atoms with E-state index in [2.05, 4.69) is 26.8 Å². The first-order chi connectivity index (χ1) is 9.65. The van der Waals surface area contributed by atoms with Crippen LogP contribution in [-0.4, -0.2) is 28.6 Å². The summed E-state index contributed by atoms with van der Waals surface area (Å²) in [6.07, 6.45) is 0. The van der Waals surface area contributed by atoms with E-state index >= 15 is 0 Å². The van der Waals surface area contributed by atoms with Gasteiger partial charge in [-0.2, -0.15) is 0 Å². The molecule has 1 aliphatic rings. The molecule has 1 aliphatic heterocycles. The SMILES string of the molecule is CO[Si](C)(OC)c1ccc2c(c1)COC(C)(C(C)(C)C)O2. The summed E-state index contributed by atoms with van der Waals surface area (Å²) in [5.74, 6) is 0.260. The molecular formula is C16H26O4Si. The molecule has 1 unspecified atom stereocenters. The molecule has 1 aromatic carbocycles. The molecule has 0 fully saturated rings. The third-order valence-corrected chi connectivity index (χ3v) is 7.45. The topological polar surface area (TPSA) is 36.9 Å². The third-order valence-electron chi connectivity index (χ3n) is 4.53. The summed E-state index contributed by atoms with van der Waals surface area (Å²) in [4.78, 5) is 0. The van der Waals surface area contributed by atoms with Crippen molar-refractivity contribution in [3.8, 4) is 5.75 Å². The average molecular weight is 310 g/mol. The molecule has 1 heterocycles. The Labute approximate surface area is 128 Å². The molecule has 2 rings (SSSR count).